The topological polar surface area (TPSA) is 30.2 Å². The highest BCUT2D eigenvalue weighted by atomic mass is 35.5. The van der Waals surface area contributed by atoms with Crippen molar-refractivity contribution in [1.29, 1.82) is 0 Å². The lowest BCUT2D eigenvalue weighted by Gasteiger charge is -1.96. The molecule has 1 aromatic carbocycles. The zero-order valence-corrected chi connectivity index (χ0v) is 12.5. The van der Waals surface area contributed by atoms with Gasteiger partial charge in [-0.15, -0.1) is 11.3 Å². The second kappa shape index (κ2) is 4.88. The molecule has 3 rings (SSSR count). The summed E-state index contributed by atoms with van der Waals surface area (Å²) in [6.45, 7) is 1.75. The summed E-state index contributed by atoms with van der Waals surface area (Å²) in [4.78, 5) is 12.4. The van der Waals surface area contributed by atoms with Gasteiger partial charge in [-0.3, -0.25) is 4.79 Å². The number of fused-ring (bicyclic) bond motifs is 1. The molecule has 2 aromatic heterocycles. The summed E-state index contributed by atoms with van der Waals surface area (Å²) in [5, 5.41) is 0.701. The SMILES string of the molecule is Cc1c(C(=O)c2cc(Cl)sc2Cl)oc2cc(F)ccc12. The number of rotatable bonds is 2. The Morgan fingerprint density at radius 2 is 2.05 bits per heavy atom. The van der Waals surface area contributed by atoms with Gasteiger partial charge in [-0.25, -0.2) is 4.39 Å². The van der Waals surface area contributed by atoms with Crippen LogP contribution in [-0.2, 0) is 0 Å². The van der Waals surface area contributed by atoms with E-state index >= 15 is 0 Å². The van der Waals surface area contributed by atoms with Gasteiger partial charge >= 0.3 is 0 Å². The first-order valence-corrected chi connectivity index (χ1v) is 7.23. The van der Waals surface area contributed by atoms with Gasteiger partial charge in [-0.05, 0) is 25.1 Å². The Kier molecular flexibility index (Phi) is 3.32. The van der Waals surface area contributed by atoms with Crippen molar-refractivity contribution in [3.8, 4) is 0 Å². The van der Waals surface area contributed by atoms with Crippen molar-refractivity contribution in [1.82, 2.24) is 0 Å². The zero-order valence-electron chi connectivity index (χ0n) is 10.2. The average molecular weight is 329 g/mol. The molecule has 0 amide bonds. The lowest BCUT2D eigenvalue weighted by Crippen LogP contribution is -2.00. The molecular formula is C14H7Cl2FO2S. The van der Waals surface area contributed by atoms with Crippen molar-refractivity contribution >= 4 is 51.3 Å². The first-order chi connectivity index (χ1) is 9.47. The molecule has 0 aliphatic heterocycles. The van der Waals surface area contributed by atoms with Crippen molar-refractivity contribution in [2.45, 2.75) is 6.92 Å². The highest BCUT2D eigenvalue weighted by Crippen LogP contribution is 2.35. The first kappa shape index (κ1) is 13.6. The molecule has 0 radical (unpaired) electrons. The summed E-state index contributed by atoms with van der Waals surface area (Å²) >= 11 is 12.9. The Balaban J connectivity index is 2.17. The molecule has 2 nitrogen and oxygen atoms in total. The number of hydrogen-bond donors (Lipinski definition) is 0. The fourth-order valence-electron chi connectivity index (χ4n) is 2.03. The number of hydrogen-bond acceptors (Lipinski definition) is 3. The molecule has 0 unspecified atom stereocenters. The molecule has 0 fully saturated rings. The van der Waals surface area contributed by atoms with E-state index in [1.54, 1.807) is 13.0 Å². The molecular weight excluding hydrogens is 322 g/mol. The number of carbonyl (C=O) groups is 1. The van der Waals surface area contributed by atoms with Crippen LogP contribution in [0.5, 0.6) is 0 Å². The summed E-state index contributed by atoms with van der Waals surface area (Å²) in [6, 6.07) is 5.67. The molecule has 0 saturated carbocycles. The average Bonchev–Trinajstić information content (AvgIpc) is 2.89. The number of benzene rings is 1. The highest BCUT2D eigenvalue weighted by molar-refractivity contribution is 7.20. The highest BCUT2D eigenvalue weighted by Gasteiger charge is 2.23. The standard InChI is InChI=1S/C14H7Cl2FO2S/c1-6-8-3-2-7(17)4-10(8)19-13(6)12(18)9-5-11(15)20-14(9)16/h2-5H,1H3. The second-order valence-electron chi connectivity index (χ2n) is 4.26. The Hall–Kier alpha value is -1.36. The van der Waals surface area contributed by atoms with E-state index in [1.165, 1.54) is 18.2 Å². The number of carbonyl (C=O) groups excluding carboxylic acids is 1. The van der Waals surface area contributed by atoms with Crippen molar-refractivity contribution in [3.63, 3.8) is 0 Å². The monoisotopic (exact) mass is 328 g/mol. The third-order valence-electron chi connectivity index (χ3n) is 3.01. The molecule has 0 bridgehead atoms. The van der Waals surface area contributed by atoms with Gasteiger partial charge in [0.2, 0.25) is 5.78 Å². The fraction of sp³-hybridized carbons (Fsp3) is 0.0714. The van der Waals surface area contributed by atoms with Gasteiger partial charge < -0.3 is 4.42 Å². The van der Waals surface area contributed by atoms with E-state index in [-0.39, 0.29) is 11.5 Å². The Bertz CT molecular complexity index is 835. The van der Waals surface area contributed by atoms with Gasteiger partial charge in [0.1, 0.15) is 15.7 Å². The minimum Gasteiger partial charge on any atom is -0.452 e. The number of thiophene rings is 1. The lowest BCUT2D eigenvalue weighted by molar-refractivity contribution is 0.101. The van der Waals surface area contributed by atoms with Gasteiger partial charge in [0, 0.05) is 17.0 Å². The van der Waals surface area contributed by atoms with E-state index in [0.717, 1.165) is 11.3 Å². The van der Waals surface area contributed by atoms with Crippen LogP contribution < -0.4 is 0 Å². The normalized spacial score (nSPS) is 11.2. The fourth-order valence-corrected chi connectivity index (χ4v) is 3.49. The molecule has 0 aliphatic carbocycles. The maximum atomic E-state index is 13.2. The van der Waals surface area contributed by atoms with E-state index in [2.05, 4.69) is 0 Å². The molecule has 3 aromatic rings. The summed E-state index contributed by atoms with van der Waals surface area (Å²) in [6.07, 6.45) is 0. The Morgan fingerprint density at radius 3 is 2.70 bits per heavy atom. The quantitative estimate of drug-likeness (QED) is 0.583. The molecule has 20 heavy (non-hydrogen) atoms. The lowest BCUT2D eigenvalue weighted by atomic mass is 10.1. The van der Waals surface area contributed by atoms with Crippen molar-refractivity contribution in [2.75, 3.05) is 0 Å². The maximum Gasteiger partial charge on any atom is 0.230 e. The van der Waals surface area contributed by atoms with E-state index in [9.17, 15) is 9.18 Å². The predicted molar refractivity (Wildman–Crippen MR) is 78.7 cm³/mol. The van der Waals surface area contributed by atoms with Gasteiger partial charge in [-0.1, -0.05) is 23.2 Å². The number of aryl methyl sites for hydroxylation is 1. The van der Waals surface area contributed by atoms with Crippen LogP contribution in [0, 0.1) is 12.7 Å². The van der Waals surface area contributed by atoms with Crippen molar-refractivity contribution in [2.24, 2.45) is 0 Å². The molecule has 0 saturated heterocycles. The van der Waals surface area contributed by atoms with Crippen molar-refractivity contribution in [3.05, 3.63) is 55.6 Å². The van der Waals surface area contributed by atoms with Crippen LogP contribution in [0.25, 0.3) is 11.0 Å². The molecule has 0 spiro atoms. The number of furan rings is 1. The summed E-state index contributed by atoms with van der Waals surface area (Å²) in [5.41, 5.74) is 1.29. The summed E-state index contributed by atoms with van der Waals surface area (Å²) < 4.78 is 19.4. The largest absolute Gasteiger partial charge is 0.452 e. The zero-order chi connectivity index (χ0) is 14.4. The predicted octanol–water partition coefficient (Wildman–Crippen LogP) is 5.48. The Labute approximate surface area is 127 Å². The molecule has 2 heterocycles. The van der Waals surface area contributed by atoms with E-state index in [0.29, 0.717) is 30.8 Å². The number of halogens is 3. The summed E-state index contributed by atoms with van der Waals surface area (Å²) in [7, 11) is 0. The summed E-state index contributed by atoms with van der Waals surface area (Å²) in [5.74, 6) is -0.615. The molecule has 0 aliphatic rings. The van der Waals surface area contributed by atoms with Gasteiger partial charge in [0.15, 0.2) is 5.76 Å². The smallest absolute Gasteiger partial charge is 0.230 e. The Morgan fingerprint density at radius 1 is 1.30 bits per heavy atom. The van der Waals surface area contributed by atoms with E-state index in [4.69, 9.17) is 27.6 Å². The first-order valence-electron chi connectivity index (χ1n) is 5.65. The van der Waals surface area contributed by atoms with E-state index in [1.807, 2.05) is 0 Å². The van der Waals surface area contributed by atoms with Crippen LogP contribution >= 0.6 is 34.5 Å². The van der Waals surface area contributed by atoms with Gasteiger partial charge in [-0.2, -0.15) is 0 Å². The molecule has 0 N–H and O–H groups in total. The third kappa shape index (κ3) is 2.14. The number of ketones is 1. The molecule has 6 heteroatoms. The van der Waals surface area contributed by atoms with Crippen LogP contribution in [0.3, 0.4) is 0 Å². The maximum absolute atomic E-state index is 13.2. The molecule has 102 valence electrons. The minimum atomic E-state index is -0.415. The third-order valence-corrected chi connectivity index (χ3v) is 4.50. The van der Waals surface area contributed by atoms with Crippen LogP contribution in [0.2, 0.25) is 8.67 Å². The van der Waals surface area contributed by atoms with Gasteiger partial charge in [0.25, 0.3) is 0 Å². The minimum absolute atomic E-state index is 0.155. The van der Waals surface area contributed by atoms with Crippen LogP contribution in [0.1, 0.15) is 21.7 Å². The second-order valence-corrected chi connectivity index (χ2v) is 6.55. The van der Waals surface area contributed by atoms with Crippen LogP contribution in [0.15, 0.2) is 28.7 Å². The van der Waals surface area contributed by atoms with Crippen molar-refractivity contribution < 1.29 is 13.6 Å². The van der Waals surface area contributed by atoms with Gasteiger partial charge in [0.05, 0.1) is 9.90 Å². The van der Waals surface area contributed by atoms with Crippen LogP contribution in [-0.4, -0.2) is 5.78 Å². The van der Waals surface area contributed by atoms with E-state index < -0.39 is 5.82 Å². The molecule has 0 atom stereocenters. The van der Waals surface area contributed by atoms with Crippen LogP contribution in [0.4, 0.5) is 4.39 Å².